The molecule has 1 N–H and O–H groups in total. The van der Waals surface area contributed by atoms with Crippen molar-refractivity contribution in [2.24, 2.45) is 5.92 Å². The Hall–Kier alpha value is -1.15. The monoisotopic (exact) mass is 303 g/mol. The normalized spacial score (nSPS) is 22.6. The molecule has 0 saturated carbocycles. The van der Waals surface area contributed by atoms with Crippen LogP contribution in [0.3, 0.4) is 0 Å². The molecule has 114 valence electrons. The lowest BCUT2D eigenvalue weighted by molar-refractivity contribution is -0.127. The number of nitrogens with one attached hydrogen (secondary N) is 1. The minimum absolute atomic E-state index is 0.0463. The first-order valence-corrected chi connectivity index (χ1v) is 8.50. The molecule has 0 aliphatic carbocycles. The van der Waals surface area contributed by atoms with Gasteiger partial charge in [0.2, 0.25) is 15.9 Å². The summed E-state index contributed by atoms with van der Waals surface area (Å²) in [6.07, 6.45) is 1.02. The van der Waals surface area contributed by atoms with Crippen molar-refractivity contribution in [2.75, 3.05) is 25.4 Å². The highest BCUT2D eigenvalue weighted by atomic mass is 32.2. The average Bonchev–Trinajstić information content (AvgIpc) is 2.68. The van der Waals surface area contributed by atoms with Gasteiger partial charge in [0.05, 0.1) is 12.3 Å². The van der Waals surface area contributed by atoms with E-state index in [1.54, 1.807) is 0 Å². The number of hydrogen-bond acceptors (Lipinski definition) is 4. The predicted octanol–water partition coefficient (Wildman–Crippen LogP) is -0.0116. The summed E-state index contributed by atoms with van der Waals surface area (Å²) in [5.74, 6) is 0.00278. The van der Waals surface area contributed by atoms with E-state index in [1.807, 2.05) is 13.8 Å². The first kappa shape index (κ1) is 15.2. The van der Waals surface area contributed by atoms with Gasteiger partial charge in [0.15, 0.2) is 0 Å². The van der Waals surface area contributed by atoms with Crippen LogP contribution in [0, 0.1) is 5.92 Å². The van der Waals surface area contributed by atoms with Crippen LogP contribution in [-0.4, -0.2) is 61.0 Å². The minimum atomic E-state index is -3.23. The second-order valence-electron chi connectivity index (χ2n) is 5.73. The van der Waals surface area contributed by atoms with E-state index in [0.717, 1.165) is 0 Å². The molecule has 8 heteroatoms. The van der Waals surface area contributed by atoms with Gasteiger partial charge in [-0.15, -0.1) is 0 Å². The van der Waals surface area contributed by atoms with Gasteiger partial charge in [0, 0.05) is 19.1 Å². The summed E-state index contributed by atoms with van der Waals surface area (Å²) < 4.78 is 25.7. The van der Waals surface area contributed by atoms with Gasteiger partial charge in [-0.2, -0.15) is 0 Å². The van der Waals surface area contributed by atoms with Crippen LogP contribution in [0.4, 0.5) is 4.79 Å². The van der Waals surface area contributed by atoms with Gasteiger partial charge in [-0.1, -0.05) is 13.8 Å². The maximum absolute atomic E-state index is 12.1. The van der Waals surface area contributed by atoms with Crippen molar-refractivity contribution in [3.05, 3.63) is 0 Å². The highest BCUT2D eigenvalue weighted by Gasteiger charge is 2.38. The third-order valence-electron chi connectivity index (χ3n) is 3.60. The molecule has 0 aromatic rings. The maximum Gasteiger partial charge on any atom is 0.324 e. The SMILES string of the molecule is CC(C)CS(=O)(=O)N1CCC(N2C(=O)CNC2=O)CC1. The van der Waals surface area contributed by atoms with Crippen molar-refractivity contribution in [3.63, 3.8) is 0 Å². The molecule has 2 saturated heterocycles. The van der Waals surface area contributed by atoms with Crippen molar-refractivity contribution in [2.45, 2.75) is 32.7 Å². The molecule has 7 nitrogen and oxygen atoms in total. The Bertz CT molecular complexity index is 479. The Balaban J connectivity index is 1.96. The topological polar surface area (TPSA) is 86.8 Å². The molecule has 0 unspecified atom stereocenters. The van der Waals surface area contributed by atoms with Gasteiger partial charge < -0.3 is 5.32 Å². The molecule has 2 heterocycles. The smallest absolute Gasteiger partial charge is 0.324 e. The number of rotatable bonds is 4. The van der Waals surface area contributed by atoms with Crippen molar-refractivity contribution < 1.29 is 18.0 Å². The summed E-state index contributed by atoms with van der Waals surface area (Å²) in [7, 11) is -3.23. The zero-order chi connectivity index (χ0) is 14.9. The fourth-order valence-corrected chi connectivity index (χ4v) is 4.53. The molecule has 2 aliphatic heterocycles. The summed E-state index contributed by atoms with van der Waals surface area (Å²) >= 11 is 0. The van der Waals surface area contributed by atoms with E-state index < -0.39 is 10.0 Å². The highest BCUT2D eigenvalue weighted by Crippen LogP contribution is 2.21. The van der Waals surface area contributed by atoms with Gasteiger partial charge in [-0.3, -0.25) is 9.69 Å². The summed E-state index contributed by atoms with van der Waals surface area (Å²) in [6, 6.07) is -0.547. The summed E-state index contributed by atoms with van der Waals surface area (Å²) in [5, 5.41) is 2.49. The molecule has 0 aromatic carbocycles. The molecule has 0 atom stereocenters. The lowest BCUT2D eigenvalue weighted by Gasteiger charge is -2.34. The molecular formula is C12H21N3O4S. The van der Waals surface area contributed by atoms with Gasteiger partial charge in [0.1, 0.15) is 0 Å². The molecule has 0 aromatic heterocycles. The first-order valence-electron chi connectivity index (χ1n) is 6.89. The van der Waals surface area contributed by atoms with Crippen LogP contribution < -0.4 is 5.32 Å². The van der Waals surface area contributed by atoms with Gasteiger partial charge in [-0.25, -0.2) is 17.5 Å². The van der Waals surface area contributed by atoms with E-state index in [-0.39, 0.29) is 36.2 Å². The Morgan fingerprint density at radius 3 is 2.30 bits per heavy atom. The molecule has 2 fully saturated rings. The highest BCUT2D eigenvalue weighted by molar-refractivity contribution is 7.89. The molecule has 3 amide bonds. The Morgan fingerprint density at radius 1 is 1.25 bits per heavy atom. The average molecular weight is 303 g/mol. The third-order valence-corrected chi connectivity index (χ3v) is 5.84. The second-order valence-corrected chi connectivity index (χ2v) is 7.74. The number of carbonyl (C=O) groups is 2. The first-order chi connectivity index (χ1) is 9.31. The number of amides is 3. The molecule has 2 rings (SSSR count). The lowest BCUT2D eigenvalue weighted by Crippen LogP contribution is -2.49. The number of urea groups is 1. The number of piperidine rings is 1. The van der Waals surface area contributed by atoms with E-state index in [0.29, 0.717) is 25.9 Å². The molecule has 0 spiro atoms. The Kier molecular flexibility index (Phi) is 4.33. The largest absolute Gasteiger partial charge is 0.329 e. The lowest BCUT2D eigenvalue weighted by atomic mass is 10.1. The zero-order valence-corrected chi connectivity index (χ0v) is 12.6. The fourth-order valence-electron chi connectivity index (χ4n) is 2.71. The van der Waals surface area contributed by atoms with Gasteiger partial charge in [-0.05, 0) is 18.8 Å². The van der Waals surface area contributed by atoms with E-state index in [1.165, 1.54) is 9.21 Å². The molecule has 20 heavy (non-hydrogen) atoms. The van der Waals surface area contributed by atoms with Crippen LogP contribution >= 0.6 is 0 Å². The Labute approximate surface area is 119 Å². The quantitative estimate of drug-likeness (QED) is 0.740. The van der Waals surface area contributed by atoms with Crippen LogP contribution in [0.2, 0.25) is 0 Å². The number of hydrogen-bond donors (Lipinski definition) is 1. The number of imide groups is 1. The zero-order valence-electron chi connectivity index (χ0n) is 11.8. The van der Waals surface area contributed by atoms with E-state index in [2.05, 4.69) is 5.32 Å². The molecule has 0 bridgehead atoms. The minimum Gasteiger partial charge on any atom is -0.329 e. The molecule has 0 radical (unpaired) electrons. The third kappa shape index (κ3) is 3.12. The van der Waals surface area contributed by atoms with Crippen LogP contribution in [-0.2, 0) is 14.8 Å². The van der Waals surface area contributed by atoms with Crippen LogP contribution in [0.5, 0.6) is 0 Å². The number of nitrogens with zero attached hydrogens (tertiary/aromatic N) is 2. The fraction of sp³-hybridized carbons (Fsp3) is 0.833. The van der Waals surface area contributed by atoms with Crippen molar-refractivity contribution in [1.82, 2.24) is 14.5 Å². The number of sulfonamides is 1. The summed E-state index contributed by atoms with van der Waals surface area (Å²) in [6.45, 7) is 4.54. The summed E-state index contributed by atoms with van der Waals surface area (Å²) in [4.78, 5) is 24.4. The summed E-state index contributed by atoms with van der Waals surface area (Å²) in [5.41, 5.74) is 0. The molecule has 2 aliphatic rings. The second kappa shape index (κ2) is 5.69. The van der Waals surface area contributed by atoms with Crippen LogP contribution in [0.15, 0.2) is 0 Å². The van der Waals surface area contributed by atoms with E-state index in [4.69, 9.17) is 0 Å². The maximum atomic E-state index is 12.1. The number of carbonyl (C=O) groups excluding carboxylic acids is 2. The standard InChI is InChI=1S/C12H21N3O4S/c1-9(2)8-20(18,19)14-5-3-10(4-6-14)15-11(16)7-13-12(15)17/h9-10H,3-8H2,1-2H3,(H,13,17). The predicted molar refractivity (Wildman–Crippen MR) is 73.5 cm³/mol. The van der Waals surface area contributed by atoms with Gasteiger partial charge in [0.25, 0.3) is 0 Å². The Morgan fingerprint density at radius 2 is 1.85 bits per heavy atom. The van der Waals surface area contributed by atoms with Crippen LogP contribution in [0.1, 0.15) is 26.7 Å². The van der Waals surface area contributed by atoms with Crippen LogP contribution in [0.25, 0.3) is 0 Å². The van der Waals surface area contributed by atoms with E-state index in [9.17, 15) is 18.0 Å². The van der Waals surface area contributed by atoms with E-state index >= 15 is 0 Å². The molecular weight excluding hydrogens is 282 g/mol. The van der Waals surface area contributed by atoms with Gasteiger partial charge >= 0.3 is 6.03 Å². The van der Waals surface area contributed by atoms with Crippen molar-refractivity contribution in [1.29, 1.82) is 0 Å². The van der Waals surface area contributed by atoms with Crippen molar-refractivity contribution in [3.8, 4) is 0 Å². The van der Waals surface area contributed by atoms with Crippen molar-refractivity contribution >= 4 is 22.0 Å².